The van der Waals surface area contributed by atoms with Crippen LogP contribution in [0.3, 0.4) is 0 Å². The molecule has 1 aromatic heterocycles. The van der Waals surface area contributed by atoms with Crippen molar-refractivity contribution in [3.63, 3.8) is 0 Å². The van der Waals surface area contributed by atoms with Crippen molar-refractivity contribution < 1.29 is 4.79 Å². The van der Waals surface area contributed by atoms with E-state index in [9.17, 15) is 9.59 Å². The molecule has 1 atom stereocenters. The molecular formula is C27H30N4O2S. The highest BCUT2D eigenvalue weighted by molar-refractivity contribution is 7.99. The monoisotopic (exact) mass is 474 g/mol. The zero-order valence-corrected chi connectivity index (χ0v) is 20.3. The van der Waals surface area contributed by atoms with E-state index in [0.717, 1.165) is 36.1 Å². The van der Waals surface area contributed by atoms with Crippen LogP contribution >= 0.6 is 11.8 Å². The van der Waals surface area contributed by atoms with Crippen molar-refractivity contribution in [3.05, 3.63) is 93.9 Å². The van der Waals surface area contributed by atoms with Crippen LogP contribution in [0.1, 0.15) is 42.2 Å². The molecule has 7 heteroatoms. The van der Waals surface area contributed by atoms with Gasteiger partial charge in [0, 0.05) is 50.1 Å². The number of hydrogen-bond acceptors (Lipinski definition) is 5. The van der Waals surface area contributed by atoms with Gasteiger partial charge in [-0.1, -0.05) is 79.3 Å². The number of carbonyl (C=O) groups excluding carboxylic acids is 1. The number of aryl methyl sites for hydroxylation is 1. The van der Waals surface area contributed by atoms with Crippen LogP contribution in [0.25, 0.3) is 0 Å². The van der Waals surface area contributed by atoms with Gasteiger partial charge in [-0.15, -0.1) is 0 Å². The summed E-state index contributed by atoms with van der Waals surface area (Å²) in [5.74, 6) is 0.853. The minimum Gasteiger partial charge on any atom is -0.340 e. The molecule has 2 aliphatic rings. The Bertz CT molecular complexity index is 1150. The summed E-state index contributed by atoms with van der Waals surface area (Å²) in [6, 6.07) is 22.8. The normalized spacial score (nSPS) is 18.3. The van der Waals surface area contributed by atoms with Crippen molar-refractivity contribution in [2.24, 2.45) is 0 Å². The number of thioether (sulfide) groups is 1. The number of rotatable bonds is 6. The zero-order valence-electron chi connectivity index (χ0n) is 19.5. The zero-order chi connectivity index (χ0) is 23.5. The molecule has 0 aliphatic carbocycles. The van der Waals surface area contributed by atoms with Crippen molar-refractivity contribution in [3.8, 4) is 0 Å². The molecule has 5 rings (SSSR count). The fourth-order valence-electron chi connectivity index (χ4n) is 4.97. The van der Waals surface area contributed by atoms with Crippen LogP contribution in [0.15, 0.2) is 76.7 Å². The largest absolute Gasteiger partial charge is 0.340 e. The van der Waals surface area contributed by atoms with Gasteiger partial charge in [0.1, 0.15) is 0 Å². The maximum atomic E-state index is 13.2. The van der Waals surface area contributed by atoms with E-state index >= 15 is 0 Å². The van der Waals surface area contributed by atoms with Gasteiger partial charge >= 0.3 is 0 Å². The minimum absolute atomic E-state index is 0.0389. The summed E-state index contributed by atoms with van der Waals surface area (Å²) in [6.07, 6.45) is 1.10. The second-order valence-electron chi connectivity index (χ2n) is 8.90. The maximum Gasteiger partial charge on any atom is 0.254 e. The average Bonchev–Trinajstić information content (AvgIpc) is 3.29. The summed E-state index contributed by atoms with van der Waals surface area (Å²) in [7, 11) is 0. The first-order valence-electron chi connectivity index (χ1n) is 12.0. The third kappa shape index (κ3) is 4.68. The second kappa shape index (κ2) is 10.2. The number of nitrogens with zero attached hydrogens (tertiary/aromatic N) is 4. The van der Waals surface area contributed by atoms with Crippen molar-refractivity contribution in [1.82, 2.24) is 19.4 Å². The molecule has 0 N–H and O–H groups in total. The molecule has 34 heavy (non-hydrogen) atoms. The molecule has 0 radical (unpaired) electrons. The number of benzene rings is 2. The average molecular weight is 475 g/mol. The fourth-order valence-corrected chi connectivity index (χ4v) is 6.14. The van der Waals surface area contributed by atoms with Crippen LogP contribution in [0.2, 0.25) is 0 Å². The molecule has 3 aromatic rings. The van der Waals surface area contributed by atoms with E-state index < -0.39 is 0 Å². The number of piperazine rings is 1. The number of fused-ring (bicyclic) bond motifs is 1. The lowest BCUT2D eigenvalue weighted by Crippen LogP contribution is -2.50. The molecule has 1 saturated heterocycles. The molecule has 2 aromatic carbocycles. The summed E-state index contributed by atoms with van der Waals surface area (Å²) in [5.41, 5.74) is 3.32. The van der Waals surface area contributed by atoms with E-state index in [-0.39, 0.29) is 23.6 Å². The van der Waals surface area contributed by atoms with Gasteiger partial charge in [0.15, 0.2) is 5.16 Å². The molecule has 0 bridgehead atoms. The van der Waals surface area contributed by atoms with Crippen LogP contribution in [-0.4, -0.2) is 57.2 Å². The Morgan fingerprint density at radius 2 is 1.62 bits per heavy atom. The topological polar surface area (TPSA) is 58.4 Å². The van der Waals surface area contributed by atoms with Crippen LogP contribution < -0.4 is 5.56 Å². The molecule has 1 unspecified atom stereocenters. The Labute approximate surface area is 204 Å². The second-order valence-corrected chi connectivity index (χ2v) is 9.89. The van der Waals surface area contributed by atoms with Gasteiger partial charge in [-0.3, -0.25) is 19.1 Å². The van der Waals surface area contributed by atoms with Gasteiger partial charge in [0.2, 0.25) is 5.91 Å². The van der Waals surface area contributed by atoms with Crippen LogP contribution in [0, 0.1) is 0 Å². The third-order valence-corrected chi connectivity index (χ3v) is 7.88. The molecule has 0 spiro atoms. The summed E-state index contributed by atoms with van der Waals surface area (Å²) >= 11 is 1.58. The van der Waals surface area contributed by atoms with Crippen LogP contribution in [0.4, 0.5) is 0 Å². The van der Waals surface area contributed by atoms with Gasteiger partial charge in [0.25, 0.3) is 5.56 Å². The highest BCUT2D eigenvalue weighted by Crippen LogP contribution is 2.33. The number of aromatic nitrogens is 2. The SMILES string of the molecule is CCc1cc(=O)n2c(n1)SCC2CC(=O)N1CCN(C(c2ccccc2)c2ccccc2)CC1. The van der Waals surface area contributed by atoms with E-state index in [1.54, 1.807) is 22.4 Å². The molecule has 1 amide bonds. The van der Waals surface area contributed by atoms with Crippen LogP contribution in [-0.2, 0) is 11.2 Å². The van der Waals surface area contributed by atoms with Gasteiger partial charge in [0.05, 0.1) is 12.1 Å². The molecule has 6 nitrogen and oxygen atoms in total. The molecule has 0 saturated carbocycles. The Morgan fingerprint density at radius 1 is 1.00 bits per heavy atom. The van der Waals surface area contributed by atoms with Crippen LogP contribution in [0.5, 0.6) is 0 Å². The Hall–Kier alpha value is -2.90. The highest BCUT2D eigenvalue weighted by atomic mass is 32.2. The first-order valence-corrected chi connectivity index (χ1v) is 13.0. The predicted octanol–water partition coefficient (Wildman–Crippen LogP) is 3.78. The Balaban J connectivity index is 1.26. The number of hydrogen-bond donors (Lipinski definition) is 0. The van der Waals surface area contributed by atoms with Crippen molar-refractivity contribution in [2.75, 3.05) is 31.9 Å². The molecule has 1 fully saturated rings. The van der Waals surface area contributed by atoms with Gasteiger partial charge < -0.3 is 4.90 Å². The van der Waals surface area contributed by atoms with E-state index in [1.807, 2.05) is 24.0 Å². The lowest BCUT2D eigenvalue weighted by atomic mass is 9.96. The predicted molar refractivity (Wildman–Crippen MR) is 135 cm³/mol. The summed E-state index contributed by atoms with van der Waals surface area (Å²) in [5, 5.41) is 0.750. The molecule has 176 valence electrons. The quantitative estimate of drug-likeness (QED) is 0.509. The number of carbonyl (C=O) groups is 1. The smallest absolute Gasteiger partial charge is 0.254 e. The van der Waals surface area contributed by atoms with Crippen molar-refractivity contribution in [2.45, 2.75) is 37.0 Å². The van der Waals surface area contributed by atoms with E-state index in [1.165, 1.54) is 11.1 Å². The first kappa shape index (κ1) is 22.9. The molecule has 2 aliphatic heterocycles. The van der Waals surface area contributed by atoms with Gasteiger partial charge in [-0.2, -0.15) is 0 Å². The first-order chi connectivity index (χ1) is 16.6. The standard InChI is InChI=1S/C27H30N4O2S/c1-2-22-17-25(33)31-23(19-34-27(31)28-22)18-24(32)29-13-15-30(16-14-29)26(20-9-5-3-6-10-20)21-11-7-4-8-12-21/h3-12,17,23,26H,2,13-16,18-19H2,1H3. The van der Waals surface area contributed by atoms with E-state index in [0.29, 0.717) is 19.5 Å². The third-order valence-electron chi connectivity index (χ3n) is 6.78. The minimum atomic E-state index is -0.113. The fraction of sp³-hybridized carbons (Fsp3) is 0.370. The van der Waals surface area contributed by atoms with Gasteiger partial charge in [-0.25, -0.2) is 4.98 Å². The Morgan fingerprint density at radius 3 is 2.21 bits per heavy atom. The number of amides is 1. The Kier molecular flexibility index (Phi) is 6.83. The maximum absolute atomic E-state index is 13.2. The van der Waals surface area contributed by atoms with E-state index in [2.05, 4.69) is 58.4 Å². The lowest BCUT2D eigenvalue weighted by molar-refractivity contribution is -0.133. The van der Waals surface area contributed by atoms with Crippen molar-refractivity contribution >= 4 is 17.7 Å². The van der Waals surface area contributed by atoms with Crippen molar-refractivity contribution in [1.29, 1.82) is 0 Å². The van der Waals surface area contributed by atoms with E-state index in [4.69, 9.17) is 0 Å². The molecular weight excluding hydrogens is 444 g/mol. The summed E-state index contributed by atoms with van der Waals surface area (Å²) in [6.45, 7) is 5.03. The summed E-state index contributed by atoms with van der Waals surface area (Å²) in [4.78, 5) is 34.8. The highest BCUT2D eigenvalue weighted by Gasteiger charge is 2.32. The summed E-state index contributed by atoms with van der Waals surface area (Å²) < 4.78 is 1.72. The lowest BCUT2D eigenvalue weighted by Gasteiger charge is -2.40. The van der Waals surface area contributed by atoms with Gasteiger partial charge in [-0.05, 0) is 17.5 Å². The molecule has 3 heterocycles.